The Bertz CT molecular complexity index is 565. The molecule has 88 valence electrons. The number of aromatic nitrogens is 2. The molecule has 2 rings (SSSR count). The lowest BCUT2D eigenvalue weighted by Crippen LogP contribution is -1.96. The van der Waals surface area contributed by atoms with Crippen molar-refractivity contribution in [1.29, 1.82) is 0 Å². The Morgan fingerprint density at radius 2 is 1.94 bits per heavy atom. The fourth-order valence-corrected chi connectivity index (χ4v) is 1.84. The van der Waals surface area contributed by atoms with Crippen molar-refractivity contribution in [1.82, 2.24) is 9.97 Å². The van der Waals surface area contributed by atoms with Gasteiger partial charge in [-0.2, -0.15) is 4.98 Å². The molecule has 0 bridgehead atoms. The van der Waals surface area contributed by atoms with E-state index in [9.17, 15) is 0 Å². The summed E-state index contributed by atoms with van der Waals surface area (Å²) < 4.78 is 6.24. The molecule has 2 aromatic rings. The van der Waals surface area contributed by atoms with E-state index in [0.717, 1.165) is 4.47 Å². The Morgan fingerprint density at radius 1 is 1.18 bits per heavy atom. The van der Waals surface area contributed by atoms with Crippen LogP contribution in [0, 0.1) is 0 Å². The van der Waals surface area contributed by atoms with Crippen LogP contribution in [-0.2, 0) is 0 Å². The molecule has 0 saturated carbocycles. The third kappa shape index (κ3) is 3.00. The number of ether oxygens (including phenoxy) is 1. The molecule has 0 aliphatic carbocycles. The van der Waals surface area contributed by atoms with Gasteiger partial charge in [-0.15, -0.1) is 0 Å². The maximum atomic E-state index is 5.93. The van der Waals surface area contributed by atoms with Gasteiger partial charge in [0.05, 0.1) is 11.2 Å². The molecule has 2 aromatic heterocycles. The molecule has 4 nitrogen and oxygen atoms in total. The van der Waals surface area contributed by atoms with Crippen molar-refractivity contribution in [2.24, 2.45) is 0 Å². The lowest BCUT2D eigenvalue weighted by atomic mass is 10.4. The molecule has 0 amide bonds. The van der Waals surface area contributed by atoms with Gasteiger partial charge in [-0.25, -0.2) is 0 Å². The van der Waals surface area contributed by atoms with Gasteiger partial charge in [0.2, 0.25) is 5.88 Å². The number of hydrogen-bond donors (Lipinski definition) is 1. The quantitative estimate of drug-likeness (QED) is 0.904. The van der Waals surface area contributed by atoms with E-state index in [1.165, 1.54) is 12.3 Å². The Labute approximate surface area is 116 Å². The van der Waals surface area contributed by atoms with E-state index >= 15 is 0 Å². The van der Waals surface area contributed by atoms with Crippen LogP contribution in [0.15, 0.2) is 29.0 Å². The molecule has 0 fully saturated rings. The van der Waals surface area contributed by atoms with Crippen LogP contribution in [0.5, 0.6) is 11.6 Å². The molecular weight excluding hydrogens is 329 g/mol. The first-order valence-corrected chi connectivity index (χ1v) is 6.01. The van der Waals surface area contributed by atoms with Crippen LogP contribution in [0.2, 0.25) is 10.0 Å². The largest absolute Gasteiger partial charge is 0.436 e. The second-order valence-electron chi connectivity index (χ2n) is 3.08. The van der Waals surface area contributed by atoms with Gasteiger partial charge in [0.1, 0.15) is 16.6 Å². The maximum absolute atomic E-state index is 5.93. The minimum atomic E-state index is 0.161. The molecular formula is C10H6BrCl2N3O. The van der Waals surface area contributed by atoms with Crippen molar-refractivity contribution in [3.05, 3.63) is 39.0 Å². The highest BCUT2D eigenvalue weighted by atomic mass is 79.9. The number of halogens is 3. The predicted octanol–water partition coefficient (Wildman–Crippen LogP) is 3.92. The monoisotopic (exact) mass is 333 g/mol. The van der Waals surface area contributed by atoms with Crippen LogP contribution in [0.4, 0.5) is 5.82 Å². The highest BCUT2D eigenvalue weighted by Crippen LogP contribution is 2.32. The van der Waals surface area contributed by atoms with E-state index in [-0.39, 0.29) is 21.7 Å². The number of nitrogens with zero attached hydrogens (tertiary/aromatic N) is 2. The number of pyridine rings is 2. The normalized spacial score (nSPS) is 10.3. The smallest absolute Gasteiger partial charge is 0.240 e. The van der Waals surface area contributed by atoms with Crippen LogP contribution >= 0.6 is 39.1 Å². The van der Waals surface area contributed by atoms with E-state index in [1.54, 1.807) is 12.3 Å². The Balaban J connectivity index is 2.33. The van der Waals surface area contributed by atoms with Gasteiger partial charge in [-0.3, -0.25) is 4.98 Å². The summed E-state index contributed by atoms with van der Waals surface area (Å²) in [6.07, 6.45) is 3.17. The third-order valence-corrected chi connectivity index (χ3v) is 2.83. The minimum absolute atomic E-state index is 0.161. The van der Waals surface area contributed by atoms with Gasteiger partial charge in [-0.1, -0.05) is 23.2 Å². The first-order chi connectivity index (χ1) is 8.06. The Hall–Kier alpha value is -1.04. The second-order valence-corrected chi connectivity index (χ2v) is 4.81. The van der Waals surface area contributed by atoms with E-state index in [4.69, 9.17) is 33.7 Å². The number of rotatable bonds is 2. The topological polar surface area (TPSA) is 61.0 Å². The van der Waals surface area contributed by atoms with E-state index in [2.05, 4.69) is 25.9 Å². The van der Waals surface area contributed by atoms with Crippen molar-refractivity contribution in [3.8, 4) is 11.6 Å². The third-order valence-electron chi connectivity index (χ3n) is 1.82. The predicted molar refractivity (Wildman–Crippen MR) is 70.7 cm³/mol. The molecule has 0 saturated heterocycles. The average molecular weight is 335 g/mol. The highest BCUT2D eigenvalue weighted by Gasteiger charge is 2.09. The molecule has 0 aliphatic rings. The van der Waals surface area contributed by atoms with Gasteiger partial charge in [0.15, 0.2) is 0 Å². The SMILES string of the molecule is Nc1nc(Oc2cncc(Br)c2)c(Cl)cc1Cl. The molecule has 0 aromatic carbocycles. The van der Waals surface area contributed by atoms with Gasteiger partial charge in [0.25, 0.3) is 0 Å². The molecule has 0 unspecified atom stereocenters. The van der Waals surface area contributed by atoms with Crippen molar-refractivity contribution in [2.45, 2.75) is 0 Å². The summed E-state index contributed by atoms with van der Waals surface area (Å²) in [4.78, 5) is 7.90. The van der Waals surface area contributed by atoms with Crippen molar-refractivity contribution < 1.29 is 4.74 Å². The summed E-state index contributed by atoms with van der Waals surface area (Å²) in [5.41, 5.74) is 5.57. The van der Waals surface area contributed by atoms with Crippen molar-refractivity contribution >= 4 is 44.9 Å². The molecule has 17 heavy (non-hydrogen) atoms. The Morgan fingerprint density at radius 3 is 2.65 bits per heavy atom. The maximum Gasteiger partial charge on any atom is 0.240 e. The molecule has 0 radical (unpaired) electrons. The number of anilines is 1. The van der Waals surface area contributed by atoms with Crippen LogP contribution in [0.25, 0.3) is 0 Å². The highest BCUT2D eigenvalue weighted by molar-refractivity contribution is 9.10. The van der Waals surface area contributed by atoms with Gasteiger partial charge < -0.3 is 10.5 Å². The number of nitrogen functional groups attached to an aromatic ring is 1. The first kappa shape index (κ1) is 12.4. The van der Waals surface area contributed by atoms with Gasteiger partial charge in [0, 0.05) is 10.7 Å². The van der Waals surface area contributed by atoms with Crippen LogP contribution in [-0.4, -0.2) is 9.97 Å². The molecule has 2 heterocycles. The molecule has 2 N–H and O–H groups in total. The standard InChI is InChI=1S/C10H6BrCl2N3O/c11-5-1-6(4-15-3-5)17-10-8(13)2-7(12)9(14)16-10/h1-4H,(H2,14,16). The van der Waals surface area contributed by atoms with Crippen molar-refractivity contribution in [2.75, 3.05) is 5.73 Å². The molecule has 7 heteroatoms. The average Bonchev–Trinajstić information content (AvgIpc) is 2.26. The van der Waals surface area contributed by atoms with E-state index in [1.807, 2.05) is 0 Å². The molecule has 0 spiro atoms. The summed E-state index contributed by atoms with van der Waals surface area (Å²) in [7, 11) is 0. The van der Waals surface area contributed by atoms with Crippen LogP contribution in [0.3, 0.4) is 0 Å². The molecule has 0 aliphatic heterocycles. The zero-order chi connectivity index (χ0) is 12.4. The summed E-state index contributed by atoms with van der Waals surface area (Å²) in [6.45, 7) is 0. The van der Waals surface area contributed by atoms with E-state index in [0.29, 0.717) is 5.75 Å². The van der Waals surface area contributed by atoms with Crippen LogP contribution < -0.4 is 10.5 Å². The lowest BCUT2D eigenvalue weighted by Gasteiger charge is -2.07. The first-order valence-electron chi connectivity index (χ1n) is 4.46. The fraction of sp³-hybridized carbons (Fsp3) is 0. The summed E-state index contributed by atoms with van der Waals surface area (Å²) in [6, 6.07) is 3.21. The van der Waals surface area contributed by atoms with Crippen LogP contribution in [0.1, 0.15) is 0 Å². The molecule has 0 atom stereocenters. The number of nitrogens with two attached hydrogens (primary N) is 1. The minimum Gasteiger partial charge on any atom is -0.436 e. The lowest BCUT2D eigenvalue weighted by molar-refractivity contribution is 0.461. The fourth-order valence-electron chi connectivity index (χ4n) is 1.09. The summed E-state index contributed by atoms with van der Waals surface area (Å²) in [5, 5.41) is 0.568. The second kappa shape index (κ2) is 5.08. The van der Waals surface area contributed by atoms with Crippen molar-refractivity contribution in [3.63, 3.8) is 0 Å². The van der Waals surface area contributed by atoms with Gasteiger partial charge >= 0.3 is 0 Å². The summed E-state index contributed by atoms with van der Waals surface area (Å²) >= 11 is 15.0. The Kier molecular flexibility index (Phi) is 3.71. The van der Waals surface area contributed by atoms with Gasteiger partial charge in [-0.05, 0) is 28.1 Å². The zero-order valence-electron chi connectivity index (χ0n) is 8.32. The van der Waals surface area contributed by atoms with E-state index < -0.39 is 0 Å². The summed E-state index contributed by atoms with van der Waals surface area (Å²) in [5.74, 6) is 0.845. The number of hydrogen-bond acceptors (Lipinski definition) is 4. The zero-order valence-corrected chi connectivity index (χ0v) is 11.4.